The molecule has 0 fully saturated rings. The molecule has 4 heteroatoms. The number of rotatable bonds is 12. The van der Waals surface area contributed by atoms with E-state index in [0.717, 1.165) is 34.4 Å². The normalized spacial score (nSPS) is 11.2. The van der Waals surface area contributed by atoms with E-state index in [-0.39, 0.29) is 0 Å². The zero-order valence-corrected chi connectivity index (χ0v) is 16.2. The van der Waals surface area contributed by atoms with E-state index in [1.165, 1.54) is 50.0 Å². The van der Waals surface area contributed by atoms with Crippen LogP contribution < -0.4 is 16.0 Å². The van der Waals surface area contributed by atoms with Crippen molar-refractivity contribution in [2.45, 2.75) is 51.6 Å². The molecule has 0 aliphatic rings. The fourth-order valence-corrected chi connectivity index (χ4v) is 4.07. The summed E-state index contributed by atoms with van der Waals surface area (Å²) in [4.78, 5) is 0. The van der Waals surface area contributed by atoms with Gasteiger partial charge in [0.25, 0.3) is 0 Å². The van der Waals surface area contributed by atoms with E-state index in [4.69, 9.17) is 7.49 Å². The molecule has 0 aliphatic carbocycles. The molecule has 0 saturated heterocycles. The van der Waals surface area contributed by atoms with Gasteiger partial charge in [0.2, 0.25) is 0 Å². The van der Waals surface area contributed by atoms with Crippen LogP contribution in [-0.4, -0.2) is 28.1 Å². The van der Waals surface area contributed by atoms with Gasteiger partial charge in [0.1, 0.15) is 0 Å². The van der Waals surface area contributed by atoms with Gasteiger partial charge in [-0.2, -0.15) is 0 Å². The Balaban J connectivity index is 1.44. The number of hydrogen-bond donors (Lipinski definition) is 0. The first-order valence-electron chi connectivity index (χ1n) is 9.27. The Labute approximate surface area is 157 Å². The van der Waals surface area contributed by atoms with Gasteiger partial charge >= 0.3 is 110 Å². The molecule has 2 aromatic rings. The Morgan fingerprint density at radius 3 is 1.68 bits per heavy atom. The standard InChI is InChI=1S/C21H30BN2S/c1-18-10-11-19(2)23(18)14-6-4-8-16-25-17-9-5-7-15-24-20(3)12-13-21(24)22/h10-13H,1-9,14-17H2. The van der Waals surface area contributed by atoms with Gasteiger partial charge in [0.05, 0.1) is 0 Å². The first kappa shape index (κ1) is 19.9. The second-order valence-electron chi connectivity index (χ2n) is 6.60. The van der Waals surface area contributed by atoms with Crippen molar-refractivity contribution in [3.8, 4) is 0 Å². The molecule has 0 N–H and O–H groups in total. The zero-order valence-electron chi connectivity index (χ0n) is 15.4. The molecule has 25 heavy (non-hydrogen) atoms. The summed E-state index contributed by atoms with van der Waals surface area (Å²) in [6.07, 6.45) is 7.53. The summed E-state index contributed by atoms with van der Waals surface area (Å²) in [5.74, 6) is 2.54. The molecule has 2 aromatic heterocycles. The summed E-state index contributed by atoms with van der Waals surface area (Å²) < 4.78 is 4.31. The average Bonchev–Trinajstić information content (AvgIpc) is 3.08. The van der Waals surface area contributed by atoms with Crippen LogP contribution >= 0.6 is 11.8 Å². The summed E-state index contributed by atoms with van der Waals surface area (Å²) in [6.45, 7) is 14.1. The van der Waals surface area contributed by atoms with Crippen molar-refractivity contribution in [2.75, 3.05) is 11.5 Å². The fourth-order valence-electron chi connectivity index (χ4n) is 3.05. The van der Waals surface area contributed by atoms with Crippen LogP contribution in [0.2, 0.25) is 0 Å². The summed E-state index contributed by atoms with van der Waals surface area (Å²) in [5, 5.41) is 4.00. The van der Waals surface area contributed by atoms with Crippen LogP contribution in [0, 0.1) is 5.24 Å². The van der Waals surface area contributed by atoms with E-state index in [1.807, 2.05) is 24.3 Å². The molecular weight excluding hydrogens is 323 g/mol. The first-order valence-corrected chi connectivity index (χ1v) is 10.4. The predicted octanol–water partition coefficient (Wildman–Crippen LogP) is 2.71. The molecule has 2 heterocycles. The Bertz CT molecular complexity index is 711. The zero-order chi connectivity index (χ0) is 18.1. The van der Waals surface area contributed by atoms with Gasteiger partial charge < -0.3 is 4.57 Å². The molecule has 0 aromatic carbocycles. The van der Waals surface area contributed by atoms with Gasteiger partial charge in [-0.3, -0.25) is 0 Å². The van der Waals surface area contributed by atoms with E-state index in [2.05, 4.69) is 40.6 Å². The van der Waals surface area contributed by atoms with Crippen molar-refractivity contribution in [1.82, 2.24) is 9.13 Å². The molecular formula is C21H30BN2S. The predicted molar refractivity (Wildman–Crippen MR) is 114 cm³/mol. The number of aromatic nitrogens is 2. The second-order valence-corrected chi connectivity index (χ2v) is 7.83. The van der Waals surface area contributed by atoms with E-state index < -0.39 is 0 Å². The van der Waals surface area contributed by atoms with E-state index in [1.54, 1.807) is 0 Å². The minimum absolute atomic E-state index is 0.830. The van der Waals surface area contributed by atoms with Crippen LogP contribution in [0.3, 0.4) is 0 Å². The quantitative estimate of drug-likeness (QED) is 0.421. The van der Waals surface area contributed by atoms with E-state index >= 15 is 0 Å². The Morgan fingerprint density at radius 1 is 0.680 bits per heavy atom. The molecule has 0 bridgehead atoms. The number of nitrogens with zero attached hydrogens (tertiary/aromatic N) is 2. The van der Waals surface area contributed by atoms with Gasteiger partial charge in [-0.1, -0.05) is 13.2 Å². The summed E-state index contributed by atoms with van der Waals surface area (Å²) in [5.41, 5.74) is 0. The van der Waals surface area contributed by atoms with Gasteiger partial charge in [-0.15, -0.1) is 0 Å². The van der Waals surface area contributed by atoms with Crippen LogP contribution in [0.1, 0.15) is 38.5 Å². The second kappa shape index (κ2) is 10.5. The number of unbranched alkanes of at least 4 members (excludes halogenated alkanes) is 4. The van der Waals surface area contributed by atoms with Gasteiger partial charge in [-0.05, 0) is 12.1 Å². The van der Waals surface area contributed by atoms with Crippen molar-refractivity contribution in [2.24, 2.45) is 0 Å². The first-order chi connectivity index (χ1) is 12.1. The minimum atomic E-state index is 0.830. The third kappa shape index (κ3) is 6.43. The molecule has 0 unspecified atom stereocenters. The molecule has 0 atom stereocenters. The third-order valence-electron chi connectivity index (χ3n) is 4.61. The van der Waals surface area contributed by atoms with Crippen LogP contribution in [0.15, 0.2) is 24.3 Å². The molecule has 0 spiro atoms. The van der Waals surface area contributed by atoms with E-state index in [9.17, 15) is 0 Å². The number of thioether (sulfide) groups is 1. The summed E-state index contributed by atoms with van der Waals surface area (Å²) >= 11 is 2.09. The molecule has 0 saturated carbocycles. The van der Waals surface area contributed by atoms with Crippen molar-refractivity contribution in [1.29, 1.82) is 0 Å². The Morgan fingerprint density at radius 2 is 1.16 bits per heavy atom. The molecule has 133 valence electrons. The van der Waals surface area contributed by atoms with Gasteiger partial charge in [0.15, 0.2) is 0 Å². The van der Waals surface area contributed by atoms with Crippen molar-refractivity contribution < 1.29 is 0 Å². The topological polar surface area (TPSA) is 9.86 Å². The van der Waals surface area contributed by atoms with Crippen LogP contribution in [0.25, 0.3) is 19.7 Å². The monoisotopic (exact) mass is 353 g/mol. The molecule has 0 amide bonds. The van der Waals surface area contributed by atoms with Gasteiger partial charge in [0, 0.05) is 17.2 Å². The molecule has 1 radical (unpaired) electrons. The SMILES string of the molecule is [B]=c1ccc(=C)n1CCCCCSCCCCCn1c(=C)ccc1=C. The van der Waals surface area contributed by atoms with Gasteiger partial charge in [-0.25, -0.2) is 0 Å². The van der Waals surface area contributed by atoms with Crippen molar-refractivity contribution in [3.63, 3.8) is 0 Å². The van der Waals surface area contributed by atoms with Crippen LogP contribution in [0.5, 0.6) is 0 Å². The maximum absolute atomic E-state index is 5.92. The average molecular weight is 353 g/mol. The van der Waals surface area contributed by atoms with Crippen molar-refractivity contribution >= 4 is 39.0 Å². The molecule has 2 nitrogen and oxygen atoms in total. The smallest absolute Gasteiger partial charge is 0.343 e. The Kier molecular flexibility index (Phi) is 8.40. The van der Waals surface area contributed by atoms with E-state index in [0.29, 0.717) is 0 Å². The summed E-state index contributed by atoms with van der Waals surface area (Å²) in [6, 6.07) is 8.00. The maximum atomic E-state index is 5.92. The minimum Gasteiger partial charge on any atom is -0.343 e. The fraction of sp³-hybridized carbons (Fsp3) is 0.476. The third-order valence-corrected chi connectivity index (χ3v) is 5.76. The molecule has 2 rings (SSSR count). The summed E-state index contributed by atoms with van der Waals surface area (Å²) in [7, 11) is 5.92. The van der Waals surface area contributed by atoms with Crippen molar-refractivity contribution in [3.05, 3.63) is 45.6 Å². The Hall–Kier alpha value is -1.42. The number of hydrogen-bond acceptors (Lipinski definition) is 1. The molecule has 0 aliphatic heterocycles. The van der Waals surface area contributed by atoms with Crippen LogP contribution in [-0.2, 0) is 13.1 Å². The van der Waals surface area contributed by atoms with Crippen LogP contribution in [0.4, 0.5) is 0 Å².